The van der Waals surface area contributed by atoms with E-state index in [-0.39, 0.29) is 48.5 Å². The number of amides is 1. The topological polar surface area (TPSA) is 89.9 Å². The van der Waals surface area contributed by atoms with Crippen molar-refractivity contribution in [3.63, 3.8) is 0 Å². The van der Waals surface area contributed by atoms with E-state index in [1.165, 1.54) is 19.3 Å². The number of carboxylic acids is 1. The molecule has 125 valence electrons. The minimum atomic E-state index is -0.853. The average Bonchev–Trinajstić information content (AvgIpc) is 2.44. The van der Waals surface area contributed by atoms with Crippen LogP contribution in [0.4, 0.5) is 0 Å². The van der Waals surface area contributed by atoms with E-state index in [0.29, 0.717) is 32.6 Å². The third-order valence-electron chi connectivity index (χ3n) is 3.32. The predicted molar refractivity (Wildman–Crippen MR) is 87.9 cm³/mol. The van der Waals surface area contributed by atoms with E-state index < -0.39 is 5.97 Å². The number of aliphatic hydroxyl groups excluding tert-OH is 1. The number of nitrogens with one attached hydrogen (secondary N) is 1. The van der Waals surface area contributed by atoms with Crippen molar-refractivity contribution in [2.24, 2.45) is 0 Å². The van der Waals surface area contributed by atoms with Crippen LogP contribution in [0.2, 0.25) is 0 Å². The van der Waals surface area contributed by atoms with Crippen molar-refractivity contribution >= 4 is 41.4 Å². The van der Waals surface area contributed by atoms with Gasteiger partial charge in [0.1, 0.15) is 0 Å². The summed E-state index contributed by atoms with van der Waals surface area (Å²) in [4.78, 5) is 24.0. The Kier molecular flexibility index (Phi) is 18.9. The second kappa shape index (κ2) is 17.2. The number of hydrogen-bond acceptors (Lipinski definition) is 4. The van der Waals surface area contributed by atoms with Gasteiger partial charge in [0.05, 0.1) is 13.0 Å². The molecule has 0 aromatic rings. The summed E-state index contributed by atoms with van der Waals surface area (Å²) in [5, 5.41) is 20.4. The summed E-state index contributed by atoms with van der Waals surface area (Å²) in [6.45, 7) is 4.03. The van der Waals surface area contributed by atoms with Gasteiger partial charge in [0.15, 0.2) is 0 Å². The van der Waals surface area contributed by atoms with Crippen molar-refractivity contribution in [3.05, 3.63) is 0 Å². The van der Waals surface area contributed by atoms with Crippen LogP contribution in [0.3, 0.4) is 0 Å². The molecule has 0 bridgehead atoms. The third kappa shape index (κ3) is 16.2. The molecule has 0 atom stereocenters. The fraction of sp³-hybridized carbons (Fsp3) is 0.867. The number of carbonyl (C=O) groups is 2. The Morgan fingerprint density at radius 1 is 1.00 bits per heavy atom. The second-order valence-electron chi connectivity index (χ2n) is 5.22. The zero-order valence-corrected chi connectivity index (χ0v) is 16.1. The maximum absolute atomic E-state index is 11.6. The molecule has 6 nitrogen and oxygen atoms in total. The molecule has 1 amide bonds. The van der Waals surface area contributed by atoms with Crippen LogP contribution in [0, 0.1) is 0 Å². The van der Waals surface area contributed by atoms with E-state index in [4.69, 9.17) is 10.2 Å². The van der Waals surface area contributed by atoms with Gasteiger partial charge < -0.3 is 15.5 Å². The van der Waals surface area contributed by atoms with Gasteiger partial charge in [0.25, 0.3) is 0 Å². The normalized spacial score (nSPS) is 10.3. The molecule has 0 aromatic heterocycles. The monoisotopic (exact) mass is 325 g/mol. The molecule has 7 heteroatoms. The number of carbonyl (C=O) groups excluding carboxylic acids is 1. The zero-order chi connectivity index (χ0) is 15.9. The van der Waals surface area contributed by atoms with Gasteiger partial charge in [-0.2, -0.15) is 0 Å². The van der Waals surface area contributed by atoms with Crippen LogP contribution in [-0.4, -0.2) is 89.3 Å². The fourth-order valence-corrected chi connectivity index (χ4v) is 2.06. The van der Waals surface area contributed by atoms with Crippen molar-refractivity contribution in [1.82, 2.24) is 10.2 Å². The van der Waals surface area contributed by atoms with Gasteiger partial charge in [0, 0.05) is 62.2 Å². The van der Waals surface area contributed by atoms with E-state index >= 15 is 0 Å². The van der Waals surface area contributed by atoms with E-state index in [2.05, 4.69) is 12.2 Å². The second-order valence-corrected chi connectivity index (χ2v) is 5.22. The molecule has 0 aliphatic rings. The number of unbranched alkanes of at least 4 members (excludes halogenated alkanes) is 4. The number of aliphatic hydroxyl groups is 1. The van der Waals surface area contributed by atoms with Gasteiger partial charge in [-0.15, -0.1) is 0 Å². The summed E-state index contributed by atoms with van der Waals surface area (Å²) < 4.78 is 0. The maximum atomic E-state index is 11.6. The van der Waals surface area contributed by atoms with Crippen molar-refractivity contribution in [1.29, 1.82) is 0 Å². The van der Waals surface area contributed by atoms with E-state index in [1.54, 1.807) is 0 Å². The fourth-order valence-electron chi connectivity index (χ4n) is 2.06. The van der Waals surface area contributed by atoms with Gasteiger partial charge in [-0.3, -0.25) is 14.5 Å². The van der Waals surface area contributed by atoms with Crippen LogP contribution >= 0.6 is 0 Å². The third-order valence-corrected chi connectivity index (χ3v) is 3.32. The molecular weight excluding hydrogens is 295 g/mol. The molecule has 0 aromatic carbocycles. The number of rotatable bonds is 14. The van der Waals surface area contributed by atoms with Crippen LogP contribution in [0.25, 0.3) is 0 Å². The van der Waals surface area contributed by atoms with Gasteiger partial charge in [-0.25, -0.2) is 0 Å². The Bertz CT molecular complexity index is 291. The van der Waals surface area contributed by atoms with Gasteiger partial charge in [-0.05, 0) is 6.42 Å². The molecule has 0 aliphatic heterocycles. The van der Waals surface area contributed by atoms with Gasteiger partial charge >= 0.3 is 5.97 Å². The van der Waals surface area contributed by atoms with Gasteiger partial charge in [0.2, 0.25) is 5.91 Å². The minimum absolute atomic E-state index is 0. The molecule has 0 heterocycles. The molecule has 0 spiro atoms. The maximum Gasteiger partial charge on any atom is 0.304 e. The average molecular weight is 325 g/mol. The van der Waals surface area contributed by atoms with E-state index in [0.717, 1.165) is 12.8 Å². The molecule has 0 unspecified atom stereocenters. The largest absolute Gasteiger partial charge is 0.481 e. The number of nitrogens with zero attached hydrogens (tertiary/aromatic N) is 1. The summed E-state index contributed by atoms with van der Waals surface area (Å²) in [5.41, 5.74) is 0. The first-order chi connectivity index (χ1) is 10.1. The minimum Gasteiger partial charge on any atom is -0.481 e. The van der Waals surface area contributed by atoms with Crippen LogP contribution in [0.5, 0.6) is 0 Å². The van der Waals surface area contributed by atoms with Crippen LogP contribution in [-0.2, 0) is 9.59 Å². The predicted octanol–water partition coefficient (Wildman–Crippen LogP) is 0.851. The first kappa shape index (κ1) is 24.1. The molecule has 22 heavy (non-hydrogen) atoms. The molecule has 3 N–H and O–H groups in total. The molecule has 0 saturated heterocycles. The zero-order valence-electron chi connectivity index (χ0n) is 14.1. The Balaban J connectivity index is 0. The Morgan fingerprint density at radius 3 is 2.27 bits per heavy atom. The summed E-state index contributed by atoms with van der Waals surface area (Å²) in [6.07, 6.45) is 6.22. The Labute approximate surface area is 155 Å². The molecule has 0 fully saturated rings. The van der Waals surface area contributed by atoms with Crippen molar-refractivity contribution in [2.45, 2.75) is 51.9 Å². The van der Waals surface area contributed by atoms with E-state index in [1.807, 2.05) is 4.90 Å². The van der Waals surface area contributed by atoms with Gasteiger partial charge in [-0.1, -0.05) is 32.6 Å². The quantitative estimate of drug-likeness (QED) is 0.325. The van der Waals surface area contributed by atoms with Crippen LogP contribution < -0.4 is 5.32 Å². The van der Waals surface area contributed by atoms with Crippen molar-refractivity contribution in [2.75, 3.05) is 32.8 Å². The standard InChI is InChI=1S/C15H30N2O4.Na/c1-2-3-4-5-6-7-14(19)16-9-11-17(12-13-18)10-8-15(20)21;/h18H,2-13H2,1H3,(H,16,19)(H,20,21);. The number of carboxylic acid groups (broad SMARTS) is 1. The molecule has 0 rings (SSSR count). The Morgan fingerprint density at radius 2 is 1.68 bits per heavy atom. The molecule has 0 saturated carbocycles. The summed E-state index contributed by atoms with van der Waals surface area (Å²) in [5.74, 6) is -0.803. The van der Waals surface area contributed by atoms with Crippen molar-refractivity contribution in [3.8, 4) is 0 Å². The summed E-state index contributed by atoms with van der Waals surface area (Å²) >= 11 is 0. The van der Waals surface area contributed by atoms with Crippen LogP contribution in [0.1, 0.15) is 51.9 Å². The van der Waals surface area contributed by atoms with Crippen molar-refractivity contribution < 1.29 is 19.8 Å². The molecular formula is C15H30N2NaO4. The number of aliphatic carboxylic acids is 1. The van der Waals surface area contributed by atoms with E-state index in [9.17, 15) is 9.59 Å². The molecule has 1 radical (unpaired) electrons. The number of hydrogen-bond donors (Lipinski definition) is 3. The van der Waals surface area contributed by atoms with Crippen LogP contribution in [0.15, 0.2) is 0 Å². The molecule has 0 aliphatic carbocycles. The Hall–Kier alpha value is -0.140. The first-order valence-corrected chi connectivity index (χ1v) is 7.91. The summed E-state index contributed by atoms with van der Waals surface area (Å²) in [6, 6.07) is 0. The first-order valence-electron chi connectivity index (χ1n) is 7.91. The SMILES string of the molecule is CCCCCCCC(=O)NCCN(CCO)CCC(=O)O.[Na]. The smallest absolute Gasteiger partial charge is 0.304 e. The summed E-state index contributed by atoms with van der Waals surface area (Å²) in [7, 11) is 0.